The molecule has 0 aromatic rings. The van der Waals surface area contributed by atoms with Gasteiger partial charge in [0.25, 0.3) is 0 Å². The summed E-state index contributed by atoms with van der Waals surface area (Å²) in [7, 11) is 4.60. The summed E-state index contributed by atoms with van der Waals surface area (Å²) in [5.41, 5.74) is 0. The molecule has 0 aromatic carbocycles. The zero-order valence-corrected chi connectivity index (χ0v) is 16.3. The van der Waals surface area contributed by atoms with Crippen LogP contribution in [0.25, 0.3) is 0 Å². The van der Waals surface area contributed by atoms with Gasteiger partial charge in [0.15, 0.2) is 9.20 Å². The van der Waals surface area contributed by atoms with Crippen molar-refractivity contribution < 1.29 is 0 Å². The van der Waals surface area contributed by atoms with Gasteiger partial charge < -0.3 is 21.7 Å². The lowest BCUT2D eigenvalue weighted by Gasteiger charge is -2.42. The Balaban J connectivity index is 2.12. The zero-order valence-electron chi connectivity index (χ0n) is 10.3. The molecule has 86 valence electrons. The van der Waals surface area contributed by atoms with Crippen molar-refractivity contribution in [3.05, 3.63) is 0 Å². The second kappa shape index (κ2) is 5.39. The molecule has 2 fully saturated rings. The summed E-state index contributed by atoms with van der Waals surface area (Å²) < 4.78 is 15.7. The molecule has 16 heavy (non-hydrogen) atoms. The number of hydrogen-bond donors (Lipinski definition) is 2. The van der Waals surface area contributed by atoms with E-state index < -0.39 is 36.0 Å². The third kappa shape index (κ3) is 2.74. The molecular formula is C5H17N5Si6. The molecule has 0 amide bonds. The van der Waals surface area contributed by atoms with E-state index in [0.717, 1.165) is 19.0 Å². The van der Waals surface area contributed by atoms with Gasteiger partial charge >= 0.3 is 0 Å². The van der Waals surface area contributed by atoms with Crippen molar-refractivity contribution in [2.45, 2.75) is 19.6 Å². The van der Waals surface area contributed by atoms with Crippen molar-refractivity contribution in [1.29, 1.82) is 0 Å². The maximum Gasteiger partial charge on any atom is 0.230 e. The summed E-state index contributed by atoms with van der Waals surface area (Å²) in [5, 5.41) is 0. The lowest BCUT2D eigenvalue weighted by atomic mass is 11.6. The van der Waals surface area contributed by atoms with E-state index in [-0.39, 0.29) is 0 Å². The largest absolute Gasteiger partial charge is 0.339 e. The van der Waals surface area contributed by atoms with E-state index in [9.17, 15) is 0 Å². The van der Waals surface area contributed by atoms with Crippen LogP contribution >= 0.6 is 0 Å². The molecule has 0 spiro atoms. The third-order valence-corrected chi connectivity index (χ3v) is 24.3. The summed E-state index contributed by atoms with van der Waals surface area (Å²) >= 11 is 0. The minimum atomic E-state index is -0.501. The van der Waals surface area contributed by atoms with Gasteiger partial charge in [0.05, 0.1) is 0 Å². The van der Waals surface area contributed by atoms with E-state index in [0.29, 0.717) is 0 Å². The summed E-state index contributed by atoms with van der Waals surface area (Å²) in [6, 6.07) is 0. The molecule has 5 nitrogen and oxygen atoms in total. The number of nitrogens with one attached hydrogen (secondary N) is 2. The van der Waals surface area contributed by atoms with Crippen LogP contribution in [0, 0.1) is 0 Å². The molecule has 2 heterocycles. The first-order valence-corrected chi connectivity index (χ1v) is 15.3. The first-order chi connectivity index (χ1) is 7.49. The van der Waals surface area contributed by atoms with Crippen LogP contribution in [0.4, 0.5) is 0 Å². The second-order valence-electron chi connectivity index (χ2n) is 4.02. The monoisotopic (exact) mass is 315 g/mol. The van der Waals surface area contributed by atoms with Crippen LogP contribution in [0.5, 0.6) is 0 Å². The Hall–Kier alpha value is 1.10. The van der Waals surface area contributed by atoms with Crippen LogP contribution in [0.15, 0.2) is 0 Å². The van der Waals surface area contributed by atoms with Crippen LogP contribution < -0.4 is 9.30 Å². The molecular weight excluding hydrogens is 299 g/mol. The minimum Gasteiger partial charge on any atom is -0.339 e. The van der Waals surface area contributed by atoms with Gasteiger partial charge in [-0.3, -0.25) is 0 Å². The van der Waals surface area contributed by atoms with Gasteiger partial charge in [-0.2, -0.15) is 0 Å². The van der Waals surface area contributed by atoms with Gasteiger partial charge in [-0.15, -0.1) is 0 Å². The van der Waals surface area contributed by atoms with Crippen LogP contribution in [0.1, 0.15) is 0 Å². The molecule has 8 radical (unpaired) electrons. The predicted octanol–water partition coefficient (Wildman–Crippen LogP) is -2.15. The highest BCUT2D eigenvalue weighted by molar-refractivity contribution is 7.19. The molecule has 0 aromatic heterocycles. The lowest BCUT2D eigenvalue weighted by molar-refractivity contribution is 0.727. The molecule has 0 atom stereocenters. The number of fused-ring (bicyclic) bond motifs is 1. The van der Waals surface area contributed by atoms with E-state index in [1.54, 1.807) is 0 Å². The van der Waals surface area contributed by atoms with E-state index in [2.05, 4.69) is 55.4 Å². The van der Waals surface area contributed by atoms with Gasteiger partial charge in [-0.25, -0.2) is 0 Å². The minimum absolute atomic E-state index is 0.440. The Bertz CT molecular complexity index is 257. The van der Waals surface area contributed by atoms with Crippen molar-refractivity contribution in [3.8, 4) is 0 Å². The van der Waals surface area contributed by atoms with Crippen molar-refractivity contribution >= 4 is 55.0 Å². The quantitative estimate of drug-likeness (QED) is 0.498. The molecule has 2 N–H and O–H groups in total. The molecule has 2 aliphatic heterocycles. The third-order valence-electron chi connectivity index (χ3n) is 2.75. The fourth-order valence-corrected chi connectivity index (χ4v) is 25.3. The summed E-state index contributed by atoms with van der Waals surface area (Å²) in [6.07, 6.45) is 0. The SMILES string of the molecule is CN1[Si]N2[Si](C)N[Si](C)N(C)[Si][Si]2N[Si]1C. The van der Waals surface area contributed by atoms with Gasteiger partial charge in [-0.1, -0.05) is 0 Å². The summed E-state index contributed by atoms with van der Waals surface area (Å²) in [5.74, 6) is 0. The molecule has 0 bridgehead atoms. The van der Waals surface area contributed by atoms with E-state index in [4.69, 9.17) is 0 Å². The highest BCUT2D eigenvalue weighted by atomic mass is 29.2. The van der Waals surface area contributed by atoms with Gasteiger partial charge in [0.2, 0.25) is 45.8 Å². The molecule has 2 aliphatic rings. The average molecular weight is 316 g/mol. The number of rotatable bonds is 0. The molecule has 2 saturated heterocycles. The Morgan fingerprint density at radius 3 is 2.19 bits per heavy atom. The maximum atomic E-state index is 3.92. The topological polar surface area (TPSA) is 33.8 Å². The normalized spacial score (nSPS) is 30.6. The number of hydrogen-bond acceptors (Lipinski definition) is 5. The molecule has 0 saturated carbocycles. The van der Waals surface area contributed by atoms with Crippen LogP contribution in [-0.4, -0.2) is 81.5 Å². The first kappa shape index (κ1) is 13.5. The molecule has 11 heteroatoms. The molecule has 2 rings (SSSR count). The van der Waals surface area contributed by atoms with Gasteiger partial charge in [0.1, 0.15) is 0 Å². The van der Waals surface area contributed by atoms with Gasteiger partial charge in [0, 0.05) is 0 Å². The first-order valence-electron chi connectivity index (χ1n) is 5.21. The summed E-state index contributed by atoms with van der Waals surface area (Å²) in [4.78, 5) is 0. The Labute approximate surface area is 110 Å². The Morgan fingerprint density at radius 1 is 0.875 bits per heavy atom. The van der Waals surface area contributed by atoms with E-state index in [1.807, 2.05) is 0 Å². The standard InChI is InChI=1S/C5H17N5Si6/c1-8-11-10-15(5)6-13(3)9(2)12-16(10)7-14(8)4/h6-7H,1-5H3. The fourth-order valence-electron chi connectivity index (χ4n) is 1.55. The second-order valence-corrected chi connectivity index (χ2v) is 19.0. The van der Waals surface area contributed by atoms with Crippen molar-refractivity contribution in [1.82, 2.24) is 21.7 Å². The Morgan fingerprint density at radius 2 is 1.50 bits per heavy atom. The molecule has 0 unspecified atom stereocenters. The van der Waals surface area contributed by atoms with Crippen LogP contribution in [0.2, 0.25) is 19.6 Å². The van der Waals surface area contributed by atoms with E-state index in [1.165, 1.54) is 0 Å². The van der Waals surface area contributed by atoms with Crippen LogP contribution in [-0.2, 0) is 0 Å². The average Bonchev–Trinajstić information content (AvgIpc) is 2.30. The van der Waals surface area contributed by atoms with Crippen molar-refractivity contribution in [2.24, 2.45) is 0 Å². The molecule has 0 aliphatic carbocycles. The van der Waals surface area contributed by atoms with Gasteiger partial charge in [-0.05, 0) is 33.7 Å². The zero-order chi connectivity index (χ0) is 11.9. The highest BCUT2D eigenvalue weighted by Crippen LogP contribution is 2.07. The summed E-state index contributed by atoms with van der Waals surface area (Å²) in [6.45, 7) is 7.19. The van der Waals surface area contributed by atoms with E-state index >= 15 is 0 Å². The lowest BCUT2D eigenvalue weighted by Crippen LogP contribution is -2.75. The number of nitrogens with zero attached hydrogens (tertiary/aromatic N) is 3. The van der Waals surface area contributed by atoms with Crippen molar-refractivity contribution in [2.75, 3.05) is 14.1 Å². The Kier molecular flexibility index (Phi) is 4.56. The van der Waals surface area contributed by atoms with Crippen molar-refractivity contribution in [3.63, 3.8) is 0 Å². The smallest absolute Gasteiger partial charge is 0.230 e. The maximum absolute atomic E-state index is 3.92. The fraction of sp³-hybridized carbons (Fsp3) is 1.00. The predicted molar refractivity (Wildman–Crippen MR) is 75.8 cm³/mol. The van der Waals surface area contributed by atoms with Crippen LogP contribution in [0.3, 0.4) is 0 Å². The highest BCUT2D eigenvalue weighted by Gasteiger charge is 2.41.